The molecule has 9 heteroatoms. The van der Waals surface area contributed by atoms with Crippen LogP contribution in [0.5, 0.6) is 0 Å². The number of aromatic nitrogens is 5. The molecule has 0 aliphatic heterocycles. The van der Waals surface area contributed by atoms with E-state index in [2.05, 4.69) is 20.5 Å². The molecule has 1 N–H and O–H groups in total. The van der Waals surface area contributed by atoms with E-state index in [9.17, 15) is 4.79 Å². The SMILES string of the molecule is Cc1cnn(CC(=O)Nc2ncn(Cc3ccc(Cl)cc3Cl)n2)c1. The minimum atomic E-state index is -0.250. The van der Waals surface area contributed by atoms with Crippen LogP contribution in [0.1, 0.15) is 11.1 Å². The lowest BCUT2D eigenvalue weighted by Crippen LogP contribution is -2.20. The Morgan fingerprint density at radius 2 is 2.12 bits per heavy atom. The van der Waals surface area contributed by atoms with Crippen LogP contribution in [0.4, 0.5) is 5.95 Å². The molecule has 1 amide bonds. The van der Waals surface area contributed by atoms with Crippen molar-refractivity contribution in [3.63, 3.8) is 0 Å². The highest BCUT2D eigenvalue weighted by atomic mass is 35.5. The molecule has 124 valence electrons. The number of nitrogens with zero attached hydrogens (tertiary/aromatic N) is 5. The van der Waals surface area contributed by atoms with Gasteiger partial charge in [-0.2, -0.15) is 5.10 Å². The van der Waals surface area contributed by atoms with Crippen LogP contribution < -0.4 is 5.32 Å². The molecule has 0 aliphatic carbocycles. The van der Waals surface area contributed by atoms with Crippen molar-refractivity contribution in [1.29, 1.82) is 0 Å². The summed E-state index contributed by atoms with van der Waals surface area (Å²) in [5, 5.41) is 12.0. The van der Waals surface area contributed by atoms with Crippen molar-refractivity contribution >= 4 is 35.1 Å². The number of carbonyl (C=O) groups excluding carboxylic acids is 1. The number of aryl methyl sites for hydroxylation is 1. The van der Waals surface area contributed by atoms with E-state index < -0.39 is 0 Å². The Balaban J connectivity index is 1.61. The second-order valence-corrected chi connectivity index (χ2v) is 6.11. The molecule has 0 radical (unpaired) electrons. The molecule has 3 rings (SSSR count). The molecule has 0 unspecified atom stereocenters. The molecule has 0 saturated heterocycles. The quantitative estimate of drug-likeness (QED) is 0.754. The second-order valence-electron chi connectivity index (χ2n) is 5.26. The van der Waals surface area contributed by atoms with Gasteiger partial charge in [0.15, 0.2) is 0 Å². The minimum Gasteiger partial charge on any atom is -0.292 e. The van der Waals surface area contributed by atoms with Crippen LogP contribution in [0.25, 0.3) is 0 Å². The summed E-state index contributed by atoms with van der Waals surface area (Å²) in [4.78, 5) is 16.0. The van der Waals surface area contributed by atoms with Crippen molar-refractivity contribution in [2.45, 2.75) is 20.0 Å². The molecule has 2 heterocycles. The number of carbonyl (C=O) groups is 1. The average molecular weight is 365 g/mol. The van der Waals surface area contributed by atoms with Gasteiger partial charge in [0.25, 0.3) is 0 Å². The van der Waals surface area contributed by atoms with Gasteiger partial charge in [-0.15, -0.1) is 5.10 Å². The summed E-state index contributed by atoms with van der Waals surface area (Å²) in [7, 11) is 0. The number of rotatable bonds is 5. The number of halogens is 2. The number of amides is 1. The molecule has 0 saturated carbocycles. The van der Waals surface area contributed by atoms with Gasteiger partial charge >= 0.3 is 0 Å². The molecule has 0 spiro atoms. The van der Waals surface area contributed by atoms with Gasteiger partial charge in [0.05, 0.1) is 12.7 Å². The van der Waals surface area contributed by atoms with E-state index in [1.54, 1.807) is 33.9 Å². The summed E-state index contributed by atoms with van der Waals surface area (Å²) in [6, 6.07) is 5.25. The van der Waals surface area contributed by atoms with Gasteiger partial charge in [-0.25, -0.2) is 9.67 Å². The topological polar surface area (TPSA) is 77.6 Å². The predicted molar refractivity (Wildman–Crippen MR) is 91.2 cm³/mol. The zero-order valence-corrected chi connectivity index (χ0v) is 14.3. The van der Waals surface area contributed by atoms with Crippen LogP contribution in [0.15, 0.2) is 36.9 Å². The van der Waals surface area contributed by atoms with Crippen molar-refractivity contribution < 1.29 is 4.79 Å². The molecular formula is C15H14Cl2N6O. The number of hydrogen-bond donors (Lipinski definition) is 1. The normalized spacial score (nSPS) is 10.8. The summed E-state index contributed by atoms with van der Waals surface area (Å²) < 4.78 is 3.14. The second kappa shape index (κ2) is 7.02. The maximum absolute atomic E-state index is 12.0. The average Bonchev–Trinajstić information content (AvgIpc) is 3.11. The standard InChI is InChI=1S/C15H14Cl2N6O/c1-10-5-19-22(6-10)8-14(24)20-15-18-9-23(21-15)7-11-2-3-12(16)4-13(11)17/h2-6,9H,7-8H2,1H3,(H,20,21,24). The first kappa shape index (κ1) is 16.5. The van der Waals surface area contributed by atoms with Crippen LogP contribution in [0.3, 0.4) is 0 Å². The first-order valence-corrected chi connectivity index (χ1v) is 7.87. The predicted octanol–water partition coefficient (Wildman–Crippen LogP) is 2.78. The monoisotopic (exact) mass is 364 g/mol. The summed E-state index contributed by atoms with van der Waals surface area (Å²) >= 11 is 12.0. The van der Waals surface area contributed by atoms with Crippen molar-refractivity contribution in [1.82, 2.24) is 24.5 Å². The summed E-state index contributed by atoms with van der Waals surface area (Å²) in [6.45, 7) is 2.44. The van der Waals surface area contributed by atoms with E-state index in [4.69, 9.17) is 23.2 Å². The van der Waals surface area contributed by atoms with Gasteiger partial charge in [0.2, 0.25) is 11.9 Å². The molecule has 0 atom stereocenters. The fourth-order valence-electron chi connectivity index (χ4n) is 2.12. The molecule has 0 fully saturated rings. The van der Waals surface area contributed by atoms with Crippen LogP contribution in [0.2, 0.25) is 10.0 Å². The molecular weight excluding hydrogens is 351 g/mol. The minimum absolute atomic E-state index is 0.103. The third-order valence-electron chi connectivity index (χ3n) is 3.20. The van der Waals surface area contributed by atoms with Gasteiger partial charge in [-0.05, 0) is 30.2 Å². The number of benzene rings is 1. The van der Waals surface area contributed by atoms with Crippen LogP contribution in [0, 0.1) is 6.92 Å². The molecule has 2 aromatic heterocycles. The first-order valence-electron chi connectivity index (χ1n) is 7.12. The number of hydrogen-bond acceptors (Lipinski definition) is 4. The summed E-state index contributed by atoms with van der Waals surface area (Å²) in [5.74, 6) is -0.0191. The van der Waals surface area contributed by atoms with Gasteiger partial charge in [-0.3, -0.25) is 14.8 Å². The van der Waals surface area contributed by atoms with Gasteiger partial charge in [0, 0.05) is 16.2 Å². The molecule has 1 aromatic carbocycles. The Morgan fingerprint density at radius 1 is 1.29 bits per heavy atom. The molecule has 0 aliphatic rings. The Hall–Kier alpha value is -2.38. The van der Waals surface area contributed by atoms with E-state index >= 15 is 0 Å². The smallest absolute Gasteiger partial charge is 0.248 e. The lowest BCUT2D eigenvalue weighted by molar-refractivity contribution is -0.116. The molecule has 24 heavy (non-hydrogen) atoms. The maximum atomic E-state index is 12.0. The Bertz CT molecular complexity index is 872. The third kappa shape index (κ3) is 4.12. The van der Waals surface area contributed by atoms with Crippen molar-refractivity contribution in [2.75, 3.05) is 5.32 Å². The van der Waals surface area contributed by atoms with Crippen molar-refractivity contribution in [3.8, 4) is 0 Å². The summed E-state index contributed by atoms with van der Waals surface area (Å²) in [5.41, 5.74) is 1.85. The van der Waals surface area contributed by atoms with E-state index in [1.165, 1.54) is 6.33 Å². The van der Waals surface area contributed by atoms with Crippen LogP contribution in [-0.2, 0) is 17.9 Å². The van der Waals surface area contributed by atoms with Crippen LogP contribution in [-0.4, -0.2) is 30.5 Å². The highest BCUT2D eigenvalue weighted by Gasteiger charge is 2.09. The van der Waals surface area contributed by atoms with E-state index in [0.717, 1.165) is 11.1 Å². The Morgan fingerprint density at radius 3 is 2.83 bits per heavy atom. The Kier molecular flexibility index (Phi) is 4.82. The Labute approximate surface area is 148 Å². The highest BCUT2D eigenvalue weighted by Crippen LogP contribution is 2.21. The van der Waals surface area contributed by atoms with Gasteiger partial charge in [-0.1, -0.05) is 29.3 Å². The van der Waals surface area contributed by atoms with E-state index in [0.29, 0.717) is 16.6 Å². The fraction of sp³-hybridized carbons (Fsp3) is 0.200. The molecule has 3 aromatic rings. The third-order valence-corrected chi connectivity index (χ3v) is 3.79. The maximum Gasteiger partial charge on any atom is 0.248 e. The molecule has 0 bridgehead atoms. The number of anilines is 1. The fourth-order valence-corrected chi connectivity index (χ4v) is 2.59. The van der Waals surface area contributed by atoms with Crippen molar-refractivity contribution in [2.24, 2.45) is 0 Å². The van der Waals surface area contributed by atoms with Gasteiger partial charge in [0.1, 0.15) is 12.9 Å². The lowest BCUT2D eigenvalue weighted by Gasteiger charge is -2.04. The lowest BCUT2D eigenvalue weighted by atomic mass is 10.2. The number of nitrogens with one attached hydrogen (secondary N) is 1. The first-order chi connectivity index (χ1) is 11.5. The highest BCUT2D eigenvalue weighted by molar-refractivity contribution is 6.35. The van der Waals surface area contributed by atoms with Gasteiger partial charge < -0.3 is 0 Å². The largest absolute Gasteiger partial charge is 0.292 e. The van der Waals surface area contributed by atoms with Crippen molar-refractivity contribution in [3.05, 3.63) is 58.1 Å². The van der Waals surface area contributed by atoms with E-state index in [1.807, 2.05) is 13.0 Å². The van der Waals surface area contributed by atoms with E-state index in [-0.39, 0.29) is 18.4 Å². The summed E-state index contributed by atoms with van der Waals surface area (Å²) in [6.07, 6.45) is 5.00. The van der Waals surface area contributed by atoms with Crippen LogP contribution >= 0.6 is 23.2 Å². The zero-order chi connectivity index (χ0) is 17.1. The molecule has 7 nitrogen and oxygen atoms in total. The zero-order valence-electron chi connectivity index (χ0n) is 12.8.